The smallest absolute Gasteiger partial charge is 0.266 e. The van der Waals surface area contributed by atoms with Gasteiger partial charge < -0.3 is 10.5 Å². The van der Waals surface area contributed by atoms with Crippen LogP contribution in [0.25, 0.3) is 11.3 Å². The number of nitrogen functional groups attached to an aromatic ring is 1. The van der Waals surface area contributed by atoms with E-state index in [-0.39, 0.29) is 32.4 Å². The number of nitrogens with two attached hydrogens (primary N) is 1. The number of thiazole rings is 1. The molecular weight excluding hydrogens is 503 g/mol. The summed E-state index contributed by atoms with van der Waals surface area (Å²) >= 11 is 6.50. The SMILES string of the molecule is Nc1nccc(-c2cc(F)ccc2Oc2cc(F)c(S(=O)(=O)Nc3ncc(Cl)s3)cc2F)n1. The van der Waals surface area contributed by atoms with Gasteiger partial charge in [0.25, 0.3) is 10.0 Å². The van der Waals surface area contributed by atoms with Gasteiger partial charge in [-0.05, 0) is 24.3 Å². The van der Waals surface area contributed by atoms with Crippen LogP contribution < -0.4 is 15.2 Å². The lowest BCUT2D eigenvalue weighted by Gasteiger charge is -2.13. The lowest BCUT2D eigenvalue weighted by Crippen LogP contribution is -2.15. The summed E-state index contributed by atoms with van der Waals surface area (Å²) in [7, 11) is -4.52. The second kappa shape index (κ2) is 8.84. The topological polar surface area (TPSA) is 120 Å². The molecule has 0 unspecified atom stereocenters. The summed E-state index contributed by atoms with van der Waals surface area (Å²) in [5, 5.41) is -0.125. The van der Waals surface area contributed by atoms with Crippen LogP contribution >= 0.6 is 22.9 Å². The Balaban J connectivity index is 1.69. The Morgan fingerprint density at radius 2 is 1.82 bits per heavy atom. The van der Waals surface area contributed by atoms with Crippen LogP contribution in [0.2, 0.25) is 4.34 Å². The molecule has 4 aromatic rings. The summed E-state index contributed by atoms with van der Waals surface area (Å²) in [6.45, 7) is 0. The molecule has 14 heteroatoms. The van der Waals surface area contributed by atoms with Gasteiger partial charge in [-0.15, -0.1) is 0 Å². The molecule has 0 aliphatic heterocycles. The lowest BCUT2D eigenvalue weighted by atomic mass is 10.1. The van der Waals surface area contributed by atoms with E-state index in [1.807, 2.05) is 4.72 Å². The number of hydrogen-bond donors (Lipinski definition) is 2. The Kier molecular flexibility index (Phi) is 6.10. The number of nitrogens with zero attached hydrogens (tertiary/aromatic N) is 3. The second-order valence-corrected chi connectivity index (χ2v) is 9.64. The molecule has 0 saturated carbocycles. The first-order chi connectivity index (χ1) is 15.6. The predicted molar refractivity (Wildman–Crippen MR) is 116 cm³/mol. The number of halogens is 4. The third-order valence-electron chi connectivity index (χ3n) is 4.09. The first-order valence-electron chi connectivity index (χ1n) is 8.82. The van der Waals surface area contributed by atoms with E-state index in [2.05, 4.69) is 15.0 Å². The fraction of sp³-hybridized carbons (Fsp3) is 0. The van der Waals surface area contributed by atoms with Gasteiger partial charge >= 0.3 is 0 Å². The highest BCUT2D eigenvalue weighted by Gasteiger charge is 2.24. The first-order valence-corrected chi connectivity index (χ1v) is 11.5. The van der Waals surface area contributed by atoms with Crippen molar-refractivity contribution in [2.75, 3.05) is 10.5 Å². The lowest BCUT2D eigenvalue weighted by molar-refractivity contribution is 0.432. The van der Waals surface area contributed by atoms with Gasteiger partial charge in [-0.3, -0.25) is 4.72 Å². The molecule has 0 fully saturated rings. The van der Waals surface area contributed by atoms with Gasteiger partial charge in [0.15, 0.2) is 16.7 Å². The molecule has 0 amide bonds. The maximum absolute atomic E-state index is 14.7. The quantitative estimate of drug-likeness (QED) is 0.378. The summed E-state index contributed by atoms with van der Waals surface area (Å²) in [5.74, 6) is -3.94. The molecule has 3 N–H and O–H groups in total. The van der Waals surface area contributed by atoms with Crippen LogP contribution in [0, 0.1) is 17.5 Å². The van der Waals surface area contributed by atoms with Gasteiger partial charge in [0.05, 0.1) is 11.9 Å². The minimum Gasteiger partial charge on any atom is -0.453 e. The summed E-state index contributed by atoms with van der Waals surface area (Å²) in [6.07, 6.45) is 2.53. The van der Waals surface area contributed by atoms with Gasteiger partial charge in [0.1, 0.15) is 26.6 Å². The Labute approximate surface area is 193 Å². The monoisotopic (exact) mass is 513 g/mol. The molecule has 0 aliphatic carbocycles. The van der Waals surface area contributed by atoms with Crippen molar-refractivity contribution in [1.82, 2.24) is 15.0 Å². The number of sulfonamides is 1. The molecule has 0 radical (unpaired) electrons. The number of aromatic nitrogens is 3. The van der Waals surface area contributed by atoms with Crippen molar-refractivity contribution >= 4 is 44.0 Å². The highest BCUT2D eigenvalue weighted by atomic mass is 35.5. The molecule has 170 valence electrons. The van der Waals surface area contributed by atoms with Crippen molar-refractivity contribution in [3.63, 3.8) is 0 Å². The van der Waals surface area contributed by atoms with Crippen LogP contribution in [0.5, 0.6) is 11.5 Å². The van der Waals surface area contributed by atoms with E-state index in [1.165, 1.54) is 24.5 Å². The molecule has 8 nitrogen and oxygen atoms in total. The highest BCUT2D eigenvalue weighted by molar-refractivity contribution is 7.93. The number of benzene rings is 2. The van der Waals surface area contributed by atoms with Crippen molar-refractivity contribution in [3.8, 4) is 22.8 Å². The van der Waals surface area contributed by atoms with Gasteiger partial charge in [-0.25, -0.2) is 36.5 Å². The van der Waals surface area contributed by atoms with E-state index in [9.17, 15) is 21.6 Å². The third-order valence-corrected chi connectivity index (χ3v) is 6.60. The Morgan fingerprint density at radius 1 is 1.03 bits per heavy atom. The van der Waals surface area contributed by atoms with Crippen molar-refractivity contribution < 1.29 is 26.3 Å². The zero-order valence-electron chi connectivity index (χ0n) is 16.1. The predicted octanol–water partition coefficient (Wildman–Crippen LogP) is 4.85. The maximum atomic E-state index is 14.7. The van der Waals surface area contributed by atoms with E-state index >= 15 is 0 Å². The molecule has 0 bridgehead atoms. The number of rotatable bonds is 6. The van der Waals surface area contributed by atoms with Gasteiger partial charge in [0.2, 0.25) is 5.95 Å². The average Bonchev–Trinajstić information content (AvgIpc) is 3.15. The maximum Gasteiger partial charge on any atom is 0.266 e. The van der Waals surface area contributed by atoms with Crippen molar-refractivity contribution in [1.29, 1.82) is 0 Å². The van der Waals surface area contributed by atoms with E-state index < -0.39 is 38.1 Å². The molecule has 2 aromatic carbocycles. The number of hydrogen-bond acceptors (Lipinski definition) is 8. The summed E-state index contributed by atoms with van der Waals surface area (Å²) in [6, 6.07) is 5.71. The van der Waals surface area contributed by atoms with Crippen molar-refractivity contribution in [3.05, 3.63) is 70.6 Å². The number of ether oxygens (including phenoxy) is 1. The minimum absolute atomic E-state index is 0.0843. The normalized spacial score (nSPS) is 11.4. The minimum atomic E-state index is -4.52. The van der Waals surface area contributed by atoms with Crippen LogP contribution in [-0.4, -0.2) is 23.4 Å². The molecule has 0 saturated heterocycles. The fourth-order valence-corrected chi connectivity index (χ4v) is 4.83. The Hall–Kier alpha value is -3.42. The average molecular weight is 514 g/mol. The molecule has 0 spiro atoms. The second-order valence-electron chi connectivity index (χ2n) is 6.33. The first kappa shape index (κ1) is 22.8. The highest BCUT2D eigenvalue weighted by Crippen LogP contribution is 2.36. The van der Waals surface area contributed by atoms with Gasteiger partial charge in [-0.2, -0.15) is 0 Å². The van der Waals surface area contributed by atoms with Gasteiger partial charge in [0, 0.05) is 23.9 Å². The molecule has 4 rings (SSSR count). The third kappa shape index (κ3) is 4.99. The Morgan fingerprint density at radius 3 is 2.52 bits per heavy atom. The number of anilines is 2. The van der Waals surface area contributed by atoms with E-state index in [0.29, 0.717) is 12.1 Å². The van der Waals surface area contributed by atoms with E-state index in [1.54, 1.807) is 0 Å². The molecule has 2 heterocycles. The largest absolute Gasteiger partial charge is 0.453 e. The summed E-state index contributed by atoms with van der Waals surface area (Å²) in [5.41, 5.74) is 5.81. The van der Waals surface area contributed by atoms with Crippen molar-refractivity contribution in [2.24, 2.45) is 0 Å². The standard InChI is InChI=1S/C19H11ClF3N5O3S2/c20-17-8-26-19(32-17)28-33(29,30)16-7-11(22)15(6-12(16)23)31-14-2-1-9(21)5-10(14)13-3-4-25-18(24)27-13/h1-8H,(H,26,28)(H2,24,25,27). The molecular formula is C19H11ClF3N5O3S2. The van der Waals surface area contributed by atoms with Crippen LogP contribution in [-0.2, 0) is 10.0 Å². The van der Waals surface area contributed by atoms with Crippen molar-refractivity contribution in [2.45, 2.75) is 4.90 Å². The molecule has 0 atom stereocenters. The zero-order valence-corrected chi connectivity index (χ0v) is 18.5. The zero-order chi connectivity index (χ0) is 23.8. The van der Waals surface area contributed by atoms with Gasteiger partial charge in [-0.1, -0.05) is 22.9 Å². The van der Waals surface area contributed by atoms with Crippen LogP contribution in [0.3, 0.4) is 0 Å². The number of nitrogens with one attached hydrogen (secondary N) is 1. The summed E-state index contributed by atoms with van der Waals surface area (Å²) < 4.78 is 75.8. The Bertz CT molecular complexity index is 1470. The van der Waals surface area contributed by atoms with Crippen LogP contribution in [0.1, 0.15) is 0 Å². The summed E-state index contributed by atoms with van der Waals surface area (Å²) in [4.78, 5) is 10.4. The molecule has 0 aliphatic rings. The van der Waals surface area contributed by atoms with E-state index in [0.717, 1.165) is 23.5 Å². The van der Waals surface area contributed by atoms with E-state index in [4.69, 9.17) is 22.1 Å². The molecule has 2 aromatic heterocycles. The van der Waals surface area contributed by atoms with Crippen LogP contribution in [0.15, 0.2) is 53.7 Å². The molecule has 33 heavy (non-hydrogen) atoms. The van der Waals surface area contributed by atoms with Crippen LogP contribution in [0.4, 0.5) is 24.3 Å². The fourth-order valence-electron chi connectivity index (χ4n) is 2.70.